The molecule has 4 aromatic heterocycles. The van der Waals surface area contributed by atoms with E-state index in [2.05, 4.69) is 30.6 Å². The summed E-state index contributed by atoms with van der Waals surface area (Å²) in [4.78, 5) is 42.9. The van der Waals surface area contributed by atoms with E-state index in [-0.39, 0.29) is 52.6 Å². The van der Waals surface area contributed by atoms with Crippen molar-refractivity contribution >= 4 is 89.5 Å². The lowest BCUT2D eigenvalue weighted by Crippen LogP contribution is -2.55. The third-order valence-electron chi connectivity index (χ3n) is 8.40. The number of hydrogen-bond acceptors (Lipinski definition) is 12. The van der Waals surface area contributed by atoms with E-state index in [1.54, 1.807) is 0 Å². The number of amides is 2. The maximum absolute atomic E-state index is 13.5. The van der Waals surface area contributed by atoms with Crippen molar-refractivity contribution in [3.8, 4) is 21.1 Å². The molecule has 6 heterocycles. The number of imidazole rings is 2. The van der Waals surface area contributed by atoms with Crippen LogP contribution < -0.4 is 20.1 Å². The minimum atomic E-state index is -4.67. The Hall–Kier alpha value is -4.76. The Morgan fingerprint density at radius 3 is 1.52 bits per heavy atom. The summed E-state index contributed by atoms with van der Waals surface area (Å²) in [6.45, 7) is -4.98. The largest absolute Gasteiger partial charge is 0.340 e. The number of nitrogens with zero attached hydrogens (tertiary/aromatic N) is 8. The fraction of sp³-hybridized carbons (Fsp3) is 0.278. The standard InChI is InChI=1S/2C18H18ClFN6O3S2/c2*1-25-8-14(22-9-25)16-7-21-18(30-16)13-6-15(26(2)31(28,29)24-13)17(27)23-10-3-4-12(20)11(19)5-10/h2*3-5,7-9,13,15,24H,6H2,1-2H3,(H,23,27)/t2*13-,15+/m10/s1/i2*1D3,6D,13D,15D/t2*6?,13-,15+. The number of rotatable bonds is 8. The number of aryl methyl sites for hydroxylation is 2. The Bertz CT molecular complexity index is 3190. The summed E-state index contributed by atoms with van der Waals surface area (Å²) >= 11 is 12.9. The molecule has 2 fully saturated rings. The number of aromatic nitrogens is 6. The van der Waals surface area contributed by atoms with Gasteiger partial charge in [-0.1, -0.05) is 23.2 Å². The second-order valence-electron chi connectivity index (χ2n) is 12.6. The zero-order chi connectivity index (χ0) is 55.1. The van der Waals surface area contributed by atoms with E-state index in [0.717, 1.165) is 95.0 Å². The summed E-state index contributed by atoms with van der Waals surface area (Å²) in [6.07, 6.45) is 2.82. The smallest absolute Gasteiger partial charge is 0.280 e. The molecule has 0 radical (unpaired) electrons. The molecule has 8 rings (SSSR count). The maximum atomic E-state index is 13.5. The Labute approximate surface area is 389 Å². The fourth-order valence-corrected chi connectivity index (χ4v) is 9.41. The van der Waals surface area contributed by atoms with Crippen LogP contribution in [0.25, 0.3) is 21.1 Å². The van der Waals surface area contributed by atoms with E-state index in [1.165, 1.54) is 24.8 Å². The highest BCUT2D eigenvalue weighted by Gasteiger charge is 2.43. The van der Waals surface area contributed by atoms with E-state index in [4.69, 9.17) is 39.7 Å². The lowest BCUT2D eigenvalue weighted by atomic mass is 10.1. The van der Waals surface area contributed by atoms with Crippen molar-refractivity contribution < 1.29 is 51.7 Å². The molecule has 2 aromatic carbocycles. The molecule has 2 saturated heterocycles. The summed E-state index contributed by atoms with van der Waals surface area (Å²) in [5.74, 6) is -4.11. The summed E-state index contributed by atoms with van der Waals surface area (Å²) in [7, 11) is -7.52. The molecule has 4 N–H and O–H groups in total. The van der Waals surface area contributed by atoms with Gasteiger partial charge in [0.2, 0.25) is 11.8 Å². The Morgan fingerprint density at radius 2 is 1.16 bits per heavy atom. The molecular weight excluding hydrogens is 934 g/mol. The van der Waals surface area contributed by atoms with Crippen molar-refractivity contribution in [1.29, 1.82) is 0 Å². The van der Waals surface area contributed by atoms with Crippen LogP contribution in [0.5, 0.6) is 0 Å². The van der Waals surface area contributed by atoms with Gasteiger partial charge in [0.25, 0.3) is 20.4 Å². The van der Waals surface area contributed by atoms with Crippen LogP contribution in [0.4, 0.5) is 20.2 Å². The van der Waals surface area contributed by atoms with Crippen molar-refractivity contribution in [2.45, 2.75) is 36.9 Å². The van der Waals surface area contributed by atoms with Gasteiger partial charge in [-0.15, -0.1) is 22.7 Å². The topological polar surface area (TPSA) is 218 Å². The summed E-state index contributed by atoms with van der Waals surface area (Å²) in [5, 5.41) is 3.28. The fourth-order valence-electron chi connectivity index (χ4n) is 5.29. The molecule has 6 aromatic rings. The van der Waals surface area contributed by atoms with Crippen LogP contribution in [0, 0.1) is 11.6 Å². The van der Waals surface area contributed by atoms with E-state index in [0.29, 0.717) is 8.61 Å². The highest BCUT2D eigenvalue weighted by atomic mass is 35.5. The molecule has 0 saturated carbocycles. The number of carbonyl (C=O) groups is 2. The van der Waals surface area contributed by atoms with Crippen LogP contribution in [0.1, 0.15) is 51.3 Å². The number of benzene rings is 2. The minimum absolute atomic E-state index is 0.0588. The lowest BCUT2D eigenvalue weighted by molar-refractivity contribution is -0.120. The monoisotopic (exact) mass is 980 g/mol. The molecular formula is C36H36Cl2F2N12O6S4. The van der Waals surface area contributed by atoms with Gasteiger partial charge in [-0.05, 0) is 49.2 Å². The van der Waals surface area contributed by atoms with Crippen molar-refractivity contribution in [3.05, 3.63) is 106 Å². The van der Waals surface area contributed by atoms with Gasteiger partial charge in [-0.2, -0.15) is 34.9 Å². The van der Waals surface area contributed by atoms with Crippen LogP contribution in [0.3, 0.4) is 0 Å². The predicted octanol–water partition coefficient (Wildman–Crippen LogP) is 5.11. The van der Waals surface area contributed by atoms with Gasteiger partial charge in [0.1, 0.15) is 33.7 Å². The third kappa shape index (κ3) is 10.0. The molecule has 2 aliphatic heterocycles. The van der Waals surface area contributed by atoms with Gasteiger partial charge in [0.15, 0.2) is 0 Å². The molecule has 0 bridgehead atoms. The summed E-state index contributed by atoms with van der Waals surface area (Å²) < 4.78 is 182. The first-order valence-electron chi connectivity index (χ1n) is 23.1. The van der Waals surface area contributed by atoms with Crippen LogP contribution in [0.2, 0.25) is 10.0 Å². The average Bonchev–Trinajstić information content (AvgIpc) is 4.16. The van der Waals surface area contributed by atoms with Crippen molar-refractivity contribution in [3.63, 3.8) is 0 Å². The number of anilines is 2. The molecule has 0 spiro atoms. The second kappa shape index (κ2) is 18.1. The number of hydrogen-bond donors (Lipinski definition) is 4. The highest BCUT2D eigenvalue weighted by molar-refractivity contribution is 7.87. The first-order valence-corrected chi connectivity index (χ1v) is 22.2. The number of thiazole rings is 2. The Morgan fingerprint density at radius 1 is 0.758 bits per heavy atom. The van der Waals surface area contributed by atoms with E-state index < -0.39 is 94.7 Å². The van der Waals surface area contributed by atoms with Gasteiger partial charge >= 0.3 is 0 Å². The number of halogens is 4. The molecule has 2 amide bonds. The lowest BCUT2D eigenvalue weighted by Gasteiger charge is -2.35. The van der Waals surface area contributed by atoms with E-state index in [1.807, 2.05) is 9.44 Å². The quantitative estimate of drug-likeness (QED) is 0.158. The number of nitrogens with one attached hydrogen (secondary N) is 4. The number of carbonyl (C=O) groups excluding carboxylic acids is 2. The van der Waals surface area contributed by atoms with Gasteiger partial charge in [0, 0.05) is 75.2 Å². The summed E-state index contributed by atoms with van der Waals surface area (Å²) in [6, 6.07) is -4.67. The first kappa shape index (κ1) is 32.0. The zero-order valence-electron chi connectivity index (χ0n) is 43.3. The molecule has 2 unspecified atom stereocenters. The van der Waals surface area contributed by atoms with Crippen LogP contribution in [0.15, 0.2) is 73.8 Å². The van der Waals surface area contributed by atoms with Gasteiger partial charge in [-0.25, -0.2) is 28.7 Å². The Kier molecular flexibility index (Phi) is 9.36. The first-order chi connectivity index (χ1) is 34.0. The number of likely N-dealkylation sites (N-methyl/N-ethyl adjacent to an activating group) is 2. The molecule has 2 aliphatic rings. The van der Waals surface area contributed by atoms with Gasteiger partial charge < -0.3 is 19.8 Å². The van der Waals surface area contributed by atoms with Crippen LogP contribution >= 0.6 is 45.9 Å². The third-order valence-corrected chi connectivity index (χ3v) is 13.9. The second-order valence-corrected chi connectivity index (χ2v) is 18.9. The molecule has 0 aliphatic carbocycles. The highest BCUT2D eigenvalue weighted by Crippen LogP contribution is 2.36. The van der Waals surface area contributed by atoms with Crippen molar-refractivity contribution in [2.24, 2.45) is 14.0 Å². The van der Waals surface area contributed by atoms with Crippen molar-refractivity contribution in [2.75, 3.05) is 24.7 Å². The molecule has 26 heteroatoms. The molecule has 18 nitrogen and oxygen atoms in total. The minimum Gasteiger partial charge on any atom is -0.340 e. The van der Waals surface area contributed by atoms with Crippen molar-refractivity contribution in [1.82, 2.24) is 47.1 Å². The molecule has 328 valence electrons. The normalized spacial score (nSPS) is 31.5. The van der Waals surface area contributed by atoms with Gasteiger partial charge in [0.05, 0.1) is 61.4 Å². The molecule has 6 atom stereocenters. The maximum Gasteiger partial charge on any atom is 0.280 e. The van der Waals surface area contributed by atoms with Gasteiger partial charge in [-0.3, -0.25) is 9.59 Å². The zero-order valence-corrected chi connectivity index (χ0v) is 36.0. The molecule has 62 heavy (non-hydrogen) atoms. The summed E-state index contributed by atoms with van der Waals surface area (Å²) in [5.41, 5.74) is 0.223. The van der Waals surface area contributed by atoms with Crippen LogP contribution in [-0.4, -0.2) is 92.5 Å². The Balaban J connectivity index is 0.000000216. The van der Waals surface area contributed by atoms with Crippen LogP contribution in [-0.2, 0) is 44.0 Å². The average molecular weight is 982 g/mol. The van der Waals surface area contributed by atoms with E-state index >= 15 is 0 Å². The predicted molar refractivity (Wildman–Crippen MR) is 231 cm³/mol. The SMILES string of the molecule is [2H]C1[C@]([2H])(C(=O)Nc2ccc(F)c(Cl)c2)N(C)S(=O)(=O)N[C@]1([2H])c1ncc(-c2cn(C([2H])([2H])[2H])cn2)s1.[2H]C1[C@]([2H])(c2ncc(-c3cn(C([2H])([2H])[2H])cn3)s2)NS(=O)(=O)N(C)[C@]1([2H])C(=O)Nc1ccc(F)c(Cl)c1. The van der Waals surface area contributed by atoms with E-state index in [9.17, 15) is 35.2 Å².